The summed E-state index contributed by atoms with van der Waals surface area (Å²) < 4.78 is 2.57. The highest BCUT2D eigenvalue weighted by Gasteiger charge is 2.47. The number of carbonyl (C=O) groups excluding carboxylic acids is 1. The summed E-state index contributed by atoms with van der Waals surface area (Å²) in [6.07, 6.45) is 9.34. The average Bonchev–Trinajstić information content (AvgIpc) is 2.81. The van der Waals surface area contributed by atoms with Crippen LogP contribution in [0.4, 0.5) is 0 Å². The number of ketones is 1. The Labute approximate surface area is 115 Å². The molecule has 0 aromatic heterocycles. The van der Waals surface area contributed by atoms with E-state index in [-0.39, 0.29) is 0 Å². The van der Waals surface area contributed by atoms with Crippen molar-refractivity contribution in [1.82, 2.24) is 0 Å². The lowest BCUT2D eigenvalue weighted by Gasteiger charge is -2.35. The quantitative estimate of drug-likeness (QED) is 0.794. The molecule has 1 N–H and O–H groups in total. The number of carbonyl (C=O) groups is 1. The van der Waals surface area contributed by atoms with Gasteiger partial charge in [-0.15, -0.1) is 0 Å². The van der Waals surface area contributed by atoms with Crippen LogP contribution in [0.5, 0.6) is 0 Å². The number of hydrogen-bond donors (Lipinski definition) is 1. The molecule has 0 aromatic carbocycles. The van der Waals surface area contributed by atoms with E-state index in [1.54, 1.807) is 12.6 Å². The summed E-state index contributed by atoms with van der Waals surface area (Å²) in [5.74, 6) is 1.54. The van der Waals surface area contributed by atoms with Crippen LogP contribution in [0.2, 0.25) is 0 Å². The highest BCUT2D eigenvalue weighted by Crippen LogP contribution is 2.40. The Balaban J connectivity index is 1.89. The Hall–Kier alpha value is -0.700. The van der Waals surface area contributed by atoms with E-state index in [9.17, 15) is 9.90 Å². The summed E-state index contributed by atoms with van der Waals surface area (Å²) in [6.45, 7) is 2.02. The highest BCUT2D eigenvalue weighted by molar-refractivity contribution is 5.85. The van der Waals surface area contributed by atoms with Crippen LogP contribution in [0, 0.1) is 11.8 Å². The zero-order valence-corrected chi connectivity index (χ0v) is 12.0. The summed E-state index contributed by atoms with van der Waals surface area (Å²) in [4.78, 5) is 11.5. The third-order valence-corrected chi connectivity index (χ3v) is 5.53. The van der Waals surface area contributed by atoms with Crippen LogP contribution < -0.4 is 0 Å². The lowest BCUT2D eigenvalue weighted by atomic mass is 9.71. The van der Waals surface area contributed by atoms with E-state index in [1.165, 1.54) is 38.5 Å². The van der Waals surface area contributed by atoms with Crippen LogP contribution in [0.25, 0.3) is 0 Å². The first-order valence-electron chi connectivity index (χ1n) is 7.95. The van der Waals surface area contributed by atoms with Gasteiger partial charge in [-0.1, -0.05) is 0 Å². The minimum Gasteiger partial charge on any atom is -0.389 e. The van der Waals surface area contributed by atoms with Crippen molar-refractivity contribution >= 4 is 11.5 Å². The fraction of sp³-hybridized carbons (Fsp3) is 0.875. The topological polar surface area (TPSA) is 40.3 Å². The van der Waals surface area contributed by atoms with Crippen molar-refractivity contribution in [2.24, 2.45) is 11.8 Å². The van der Waals surface area contributed by atoms with Crippen molar-refractivity contribution in [1.29, 1.82) is 0 Å². The molecule has 2 fully saturated rings. The van der Waals surface area contributed by atoms with E-state index < -0.39 is 0 Å². The van der Waals surface area contributed by atoms with Crippen molar-refractivity contribution in [3.05, 3.63) is 0 Å². The zero-order chi connectivity index (χ0) is 13.4. The summed E-state index contributed by atoms with van der Waals surface area (Å²) in [6, 6.07) is 1.04. The first kappa shape index (κ1) is 13.3. The van der Waals surface area contributed by atoms with Gasteiger partial charge in [0.1, 0.15) is 12.4 Å². The van der Waals surface area contributed by atoms with E-state index >= 15 is 0 Å². The fourth-order valence-corrected chi connectivity index (χ4v) is 4.81. The van der Waals surface area contributed by atoms with Crippen LogP contribution in [0.15, 0.2) is 0 Å². The number of fused-ring (bicyclic) bond motifs is 2. The van der Waals surface area contributed by atoms with E-state index in [0.29, 0.717) is 36.3 Å². The second-order valence-corrected chi connectivity index (χ2v) is 6.71. The summed E-state index contributed by atoms with van der Waals surface area (Å²) in [5, 5.41) is 9.60. The Kier molecular flexibility index (Phi) is 3.75. The standard InChI is InChI=1S/C16H26NO2/c1-11(19)9-12-3-2-4-16-15(12)8-7-13-5-6-14(10-18)17(13)16/h12-15,18H,2-10H2,1H3/q+1/t12-,13+,14-,15-/m0/s1. The van der Waals surface area contributed by atoms with Crippen LogP contribution in [0.3, 0.4) is 0 Å². The summed E-state index contributed by atoms with van der Waals surface area (Å²) >= 11 is 0. The average molecular weight is 264 g/mol. The third-order valence-electron chi connectivity index (χ3n) is 5.53. The van der Waals surface area contributed by atoms with Gasteiger partial charge in [0.25, 0.3) is 0 Å². The molecule has 2 aliphatic heterocycles. The van der Waals surface area contributed by atoms with Crippen LogP contribution in [0.1, 0.15) is 58.3 Å². The maximum absolute atomic E-state index is 11.5. The molecule has 3 nitrogen and oxygen atoms in total. The molecule has 3 heteroatoms. The molecule has 0 amide bonds. The Morgan fingerprint density at radius 3 is 2.79 bits per heavy atom. The second kappa shape index (κ2) is 5.35. The Bertz CT molecular complexity index is 402. The Morgan fingerprint density at radius 1 is 1.26 bits per heavy atom. The smallest absolute Gasteiger partial charge is 0.176 e. The fourth-order valence-electron chi connectivity index (χ4n) is 4.81. The lowest BCUT2D eigenvalue weighted by Crippen LogP contribution is -2.45. The van der Waals surface area contributed by atoms with Crippen molar-refractivity contribution < 1.29 is 14.5 Å². The molecule has 0 aromatic rings. The van der Waals surface area contributed by atoms with Crippen LogP contribution in [-0.2, 0) is 4.79 Å². The van der Waals surface area contributed by atoms with Crippen molar-refractivity contribution in [3.63, 3.8) is 0 Å². The molecule has 106 valence electrons. The van der Waals surface area contributed by atoms with Crippen molar-refractivity contribution in [3.8, 4) is 0 Å². The number of hydrogen-bond acceptors (Lipinski definition) is 2. The molecule has 0 unspecified atom stereocenters. The first-order chi connectivity index (χ1) is 9.20. The number of Topliss-reactive ketones (excluding diaryl/α,β-unsaturated/α-hetero) is 1. The number of nitrogens with zero attached hydrogens (tertiary/aromatic N) is 1. The predicted molar refractivity (Wildman–Crippen MR) is 74.5 cm³/mol. The van der Waals surface area contributed by atoms with Gasteiger partial charge in [0.05, 0.1) is 0 Å². The van der Waals surface area contributed by atoms with Gasteiger partial charge in [0.15, 0.2) is 17.8 Å². The maximum atomic E-state index is 11.5. The molecule has 3 rings (SSSR count). The number of rotatable bonds is 3. The number of aliphatic hydroxyl groups excluding tert-OH is 1. The molecule has 1 saturated heterocycles. The molecule has 19 heavy (non-hydrogen) atoms. The molecule has 0 spiro atoms. The predicted octanol–water partition coefficient (Wildman–Crippen LogP) is 2.15. The molecule has 1 aliphatic carbocycles. The van der Waals surface area contributed by atoms with Gasteiger partial charge in [0.2, 0.25) is 0 Å². The largest absolute Gasteiger partial charge is 0.389 e. The van der Waals surface area contributed by atoms with Gasteiger partial charge in [-0.2, -0.15) is 0 Å². The van der Waals surface area contributed by atoms with Crippen LogP contribution in [-0.4, -0.2) is 39.9 Å². The molecule has 0 radical (unpaired) electrons. The maximum Gasteiger partial charge on any atom is 0.176 e. The van der Waals surface area contributed by atoms with E-state index in [1.807, 2.05) is 0 Å². The first-order valence-corrected chi connectivity index (χ1v) is 7.95. The molecular weight excluding hydrogens is 238 g/mol. The zero-order valence-electron chi connectivity index (χ0n) is 12.0. The number of aliphatic hydroxyl groups is 1. The Morgan fingerprint density at radius 2 is 2.05 bits per heavy atom. The molecule has 0 bridgehead atoms. The molecule has 4 atom stereocenters. The molecule has 3 aliphatic rings. The summed E-state index contributed by atoms with van der Waals surface area (Å²) in [7, 11) is 0. The minimum absolute atomic E-state index is 0.296. The van der Waals surface area contributed by atoms with E-state index in [0.717, 1.165) is 12.8 Å². The van der Waals surface area contributed by atoms with E-state index in [2.05, 4.69) is 4.58 Å². The molecule has 2 heterocycles. The van der Waals surface area contributed by atoms with Crippen molar-refractivity contribution in [2.75, 3.05) is 6.61 Å². The third kappa shape index (κ3) is 2.37. The molecular formula is C16H26NO2+. The SMILES string of the molecule is CC(=O)C[C@@H]1CCCC2=[N+]3[C@H](CC[C@H]3CO)CC[C@H]21. The normalized spacial score (nSPS) is 38.0. The van der Waals surface area contributed by atoms with Gasteiger partial charge >= 0.3 is 0 Å². The van der Waals surface area contributed by atoms with Gasteiger partial charge in [-0.3, -0.25) is 0 Å². The second-order valence-electron chi connectivity index (χ2n) is 6.71. The van der Waals surface area contributed by atoms with Crippen molar-refractivity contribution in [2.45, 2.75) is 70.4 Å². The summed E-state index contributed by atoms with van der Waals surface area (Å²) in [5.41, 5.74) is 1.59. The van der Waals surface area contributed by atoms with Gasteiger partial charge in [0, 0.05) is 38.0 Å². The van der Waals surface area contributed by atoms with E-state index in [4.69, 9.17) is 0 Å². The van der Waals surface area contributed by atoms with Gasteiger partial charge in [-0.25, -0.2) is 4.58 Å². The monoisotopic (exact) mass is 264 g/mol. The minimum atomic E-state index is 0.296. The van der Waals surface area contributed by atoms with Gasteiger partial charge in [-0.05, 0) is 32.1 Å². The van der Waals surface area contributed by atoms with Gasteiger partial charge < -0.3 is 9.90 Å². The van der Waals surface area contributed by atoms with Crippen LogP contribution >= 0.6 is 0 Å². The lowest BCUT2D eigenvalue weighted by molar-refractivity contribution is -0.589. The molecule has 1 saturated carbocycles. The highest BCUT2D eigenvalue weighted by atomic mass is 16.3.